The van der Waals surface area contributed by atoms with Crippen molar-refractivity contribution in [1.82, 2.24) is 0 Å². The number of aliphatic hydroxyl groups is 1. The highest BCUT2D eigenvalue weighted by Crippen LogP contribution is 2.35. The van der Waals surface area contributed by atoms with Gasteiger partial charge in [-0.25, -0.2) is 0 Å². The van der Waals surface area contributed by atoms with Crippen molar-refractivity contribution in [2.45, 2.75) is 78.4 Å². The summed E-state index contributed by atoms with van der Waals surface area (Å²) in [7, 11) is 0. The SMILES string of the molecule is CCCC(O)Cc1ccc2c(c1)OCO2.CCCCOCCOCCOCc1cc2c(cc1CCC)OCO2. The molecule has 0 saturated carbocycles. The zero-order chi connectivity index (χ0) is 27.7. The van der Waals surface area contributed by atoms with E-state index in [-0.39, 0.29) is 6.10 Å². The van der Waals surface area contributed by atoms with E-state index in [2.05, 4.69) is 26.8 Å². The van der Waals surface area contributed by atoms with Crippen molar-refractivity contribution >= 4 is 0 Å². The van der Waals surface area contributed by atoms with Gasteiger partial charge in [0.25, 0.3) is 0 Å². The van der Waals surface area contributed by atoms with Crippen LogP contribution >= 0.6 is 0 Å². The average Bonchev–Trinajstić information content (AvgIpc) is 3.59. The quantitative estimate of drug-likeness (QED) is 0.248. The van der Waals surface area contributed by atoms with Gasteiger partial charge in [-0.2, -0.15) is 0 Å². The number of aliphatic hydroxyl groups excluding tert-OH is 1. The van der Waals surface area contributed by atoms with Gasteiger partial charge in [0.2, 0.25) is 13.6 Å². The highest BCUT2D eigenvalue weighted by atomic mass is 16.7. The van der Waals surface area contributed by atoms with Crippen LogP contribution in [0.15, 0.2) is 30.3 Å². The van der Waals surface area contributed by atoms with Gasteiger partial charge in [0.15, 0.2) is 23.0 Å². The zero-order valence-electron chi connectivity index (χ0n) is 23.9. The van der Waals surface area contributed by atoms with Gasteiger partial charge in [-0.1, -0.05) is 46.1 Å². The van der Waals surface area contributed by atoms with Crippen molar-refractivity contribution in [1.29, 1.82) is 0 Å². The lowest BCUT2D eigenvalue weighted by Gasteiger charge is -2.11. The molecule has 2 aliphatic rings. The van der Waals surface area contributed by atoms with Crippen LogP contribution in [0.5, 0.6) is 23.0 Å². The maximum absolute atomic E-state index is 9.68. The molecule has 1 unspecified atom stereocenters. The van der Waals surface area contributed by atoms with Gasteiger partial charge in [-0.15, -0.1) is 0 Å². The van der Waals surface area contributed by atoms with Crippen LogP contribution in [0.2, 0.25) is 0 Å². The second-order valence-electron chi connectivity index (χ2n) is 9.69. The summed E-state index contributed by atoms with van der Waals surface area (Å²) in [5.41, 5.74) is 3.54. The standard InChI is InChI=1S/C19H30O5.C12H16O3/c1-3-5-7-20-8-9-21-10-11-22-14-17-13-19-18(23-15-24-19)12-16(17)6-4-2;1-2-3-10(13)6-9-4-5-11-12(7-9)15-8-14-11/h12-13H,3-11,14-15H2,1-2H3;4-5,7,10,13H,2-3,6,8H2,1H3. The Labute approximate surface area is 233 Å². The second-order valence-corrected chi connectivity index (χ2v) is 9.69. The Hall–Kier alpha value is -2.52. The zero-order valence-corrected chi connectivity index (χ0v) is 23.9. The molecule has 8 nitrogen and oxygen atoms in total. The summed E-state index contributed by atoms with van der Waals surface area (Å²) < 4.78 is 38.1. The van der Waals surface area contributed by atoms with E-state index in [1.54, 1.807) is 0 Å². The van der Waals surface area contributed by atoms with Crippen molar-refractivity contribution in [3.05, 3.63) is 47.0 Å². The van der Waals surface area contributed by atoms with Crippen molar-refractivity contribution in [2.75, 3.05) is 46.6 Å². The topological polar surface area (TPSA) is 84.8 Å². The van der Waals surface area contributed by atoms with E-state index in [4.69, 9.17) is 33.2 Å². The number of aryl methyl sites for hydroxylation is 1. The first-order valence-corrected chi connectivity index (χ1v) is 14.4. The van der Waals surface area contributed by atoms with Gasteiger partial charge in [0.1, 0.15) is 0 Å². The van der Waals surface area contributed by atoms with E-state index in [1.165, 1.54) is 11.1 Å². The van der Waals surface area contributed by atoms with Crippen molar-refractivity contribution in [3.8, 4) is 23.0 Å². The molecule has 2 aromatic rings. The summed E-state index contributed by atoms with van der Waals surface area (Å²) in [6, 6.07) is 9.94. The van der Waals surface area contributed by atoms with Crippen molar-refractivity contribution in [3.63, 3.8) is 0 Å². The maximum atomic E-state index is 9.68. The molecule has 0 aromatic heterocycles. The number of rotatable bonds is 17. The molecule has 218 valence electrons. The van der Waals surface area contributed by atoms with E-state index in [1.807, 2.05) is 24.3 Å². The summed E-state index contributed by atoms with van der Waals surface area (Å²) in [6.45, 7) is 10.8. The molecular formula is C31H46O8. The van der Waals surface area contributed by atoms with Gasteiger partial charge >= 0.3 is 0 Å². The van der Waals surface area contributed by atoms with Gasteiger partial charge in [0, 0.05) is 6.61 Å². The molecule has 0 radical (unpaired) electrons. The Morgan fingerprint density at radius 2 is 1.31 bits per heavy atom. The molecule has 0 fully saturated rings. The second kappa shape index (κ2) is 17.9. The van der Waals surface area contributed by atoms with Crippen LogP contribution in [0.4, 0.5) is 0 Å². The Kier molecular flexibility index (Phi) is 14.3. The molecule has 2 aromatic carbocycles. The fourth-order valence-corrected chi connectivity index (χ4v) is 4.31. The lowest BCUT2D eigenvalue weighted by molar-refractivity contribution is 0.0101. The molecule has 0 bridgehead atoms. The minimum absolute atomic E-state index is 0.254. The van der Waals surface area contributed by atoms with Crippen molar-refractivity contribution < 1.29 is 38.3 Å². The number of hydrogen-bond acceptors (Lipinski definition) is 8. The molecule has 4 rings (SSSR count). The number of unbranched alkanes of at least 4 members (excludes halogenated alkanes) is 1. The number of ether oxygens (including phenoxy) is 7. The van der Waals surface area contributed by atoms with E-state index in [9.17, 15) is 5.11 Å². The van der Waals surface area contributed by atoms with Crippen LogP contribution < -0.4 is 18.9 Å². The summed E-state index contributed by atoms with van der Waals surface area (Å²) in [5, 5.41) is 9.68. The van der Waals surface area contributed by atoms with Gasteiger partial charge in [-0.3, -0.25) is 0 Å². The number of benzene rings is 2. The largest absolute Gasteiger partial charge is 0.454 e. The first kappa shape index (κ1) is 31.0. The highest BCUT2D eigenvalue weighted by molar-refractivity contribution is 5.48. The number of hydrogen-bond donors (Lipinski definition) is 1. The Morgan fingerprint density at radius 3 is 1.97 bits per heavy atom. The Morgan fingerprint density at radius 1 is 0.692 bits per heavy atom. The lowest BCUT2D eigenvalue weighted by Crippen LogP contribution is -2.10. The molecule has 2 heterocycles. The fourth-order valence-electron chi connectivity index (χ4n) is 4.31. The summed E-state index contributed by atoms with van der Waals surface area (Å²) >= 11 is 0. The molecule has 1 N–H and O–H groups in total. The maximum Gasteiger partial charge on any atom is 0.231 e. The van der Waals surface area contributed by atoms with Crippen molar-refractivity contribution in [2.24, 2.45) is 0 Å². The van der Waals surface area contributed by atoms with Crippen LogP contribution in [0.25, 0.3) is 0 Å². The predicted octanol–water partition coefficient (Wildman–Crippen LogP) is 5.84. The highest BCUT2D eigenvalue weighted by Gasteiger charge is 2.17. The third-order valence-electron chi connectivity index (χ3n) is 6.39. The van der Waals surface area contributed by atoms with Crippen LogP contribution in [-0.2, 0) is 33.7 Å². The van der Waals surface area contributed by atoms with Crippen LogP contribution in [0.3, 0.4) is 0 Å². The minimum atomic E-state index is -0.254. The Balaban J connectivity index is 0.000000239. The third-order valence-corrected chi connectivity index (χ3v) is 6.39. The molecular weight excluding hydrogens is 500 g/mol. The summed E-state index contributed by atoms with van der Waals surface area (Å²) in [4.78, 5) is 0. The average molecular weight is 547 g/mol. The van der Waals surface area contributed by atoms with Gasteiger partial charge in [-0.05, 0) is 66.6 Å². The van der Waals surface area contributed by atoms with Crippen LogP contribution in [-0.4, -0.2) is 57.8 Å². The van der Waals surface area contributed by atoms with E-state index in [0.29, 0.717) is 53.0 Å². The van der Waals surface area contributed by atoms with Crippen LogP contribution in [0, 0.1) is 0 Å². The van der Waals surface area contributed by atoms with Gasteiger partial charge in [0.05, 0.1) is 39.1 Å². The molecule has 0 saturated heterocycles. The third kappa shape index (κ3) is 10.9. The lowest BCUT2D eigenvalue weighted by atomic mass is 10.0. The normalized spacial score (nSPS) is 13.7. The number of fused-ring (bicyclic) bond motifs is 2. The van der Waals surface area contributed by atoms with E-state index >= 15 is 0 Å². The molecule has 0 amide bonds. The van der Waals surface area contributed by atoms with Gasteiger partial charge < -0.3 is 38.3 Å². The van der Waals surface area contributed by atoms with E-state index in [0.717, 1.165) is 73.7 Å². The van der Waals surface area contributed by atoms with Crippen LogP contribution in [0.1, 0.15) is 69.6 Å². The molecule has 8 heteroatoms. The monoisotopic (exact) mass is 546 g/mol. The fraction of sp³-hybridized carbons (Fsp3) is 0.613. The predicted molar refractivity (Wildman–Crippen MR) is 150 cm³/mol. The minimum Gasteiger partial charge on any atom is -0.454 e. The first-order chi connectivity index (χ1) is 19.1. The summed E-state index contributed by atoms with van der Waals surface area (Å²) in [6.07, 6.45) is 6.66. The summed E-state index contributed by atoms with van der Waals surface area (Å²) in [5.74, 6) is 3.24. The molecule has 1 atom stereocenters. The first-order valence-electron chi connectivity index (χ1n) is 14.4. The smallest absolute Gasteiger partial charge is 0.231 e. The van der Waals surface area contributed by atoms with E-state index < -0.39 is 0 Å². The molecule has 2 aliphatic heterocycles. The molecule has 0 spiro atoms. The Bertz CT molecular complexity index is 964. The molecule has 39 heavy (non-hydrogen) atoms. The molecule has 0 aliphatic carbocycles.